The molecule has 0 aliphatic carbocycles. The molecule has 0 aliphatic heterocycles. The molecule has 0 bridgehead atoms. The van der Waals surface area contributed by atoms with Crippen LogP contribution in [0.25, 0.3) is 0 Å². The first kappa shape index (κ1) is 20.9. The Morgan fingerprint density at radius 2 is 1.35 bits per heavy atom. The Kier molecular flexibility index (Phi) is 8.92. The zero-order valence-electron chi connectivity index (χ0n) is 14.5. The van der Waals surface area contributed by atoms with Gasteiger partial charge in [0.15, 0.2) is 0 Å². The first-order valence-electron chi connectivity index (χ1n) is 7.37. The Morgan fingerprint density at radius 3 is 1.65 bits per heavy atom. The second-order valence-corrected chi connectivity index (χ2v) is 14.6. The summed E-state index contributed by atoms with van der Waals surface area (Å²) in [4.78, 5) is 0. The van der Waals surface area contributed by atoms with Gasteiger partial charge in [-0.05, 0) is 35.0 Å². The third kappa shape index (κ3) is 12.6. The van der Waals surface area contributed by atoms with Crippen molar-refractivity contribution in [2.45, 2.75) is 61.8 Å². The molecule has 0 aromatic carbocycles. The van der Waals surface area contributed by atoms with Gasteiger partial charge in [-0.2, -0.15) is 0 Å². The molecule has 0 heterocycles. The standard InChI is InChI=1S/C15H33O2PS2/c1-13(2)9-10-20-18(19,16-11-14(3,4)5)17-12-15(6,7)8/h13H,9-12H2,1-8H3. The van der Waals surface area contributed by atoms with E-state index in [1.807, 2.05) is 0 Å². The van der Waals surface area contributed by atoms with E-state index in [2.05, 4.69) is 55.4 Å². The summed E-state index contributed by atoms with van der Waals surface area (Å²) < 4.78 is 12.1. The van der Waals surface area contributed by atoms with Gasteiger partial charge in [-0.15, -0.1) is 0 Å². The van der Waals surface area contributed by atoms with Crippen molar-refractivity contribution >= 4 is 28.9 Å². The fourth-order valence-electron chi connectivity index (χ4n) is 1.06. The number of rotatable bonds is 8. The molecular weight excluding hydrogens is 307 g/mol. The van der Waals surface area contributed by atoms with Crippen molar-refractivity contribution in [3.05, 3.63) is 0 Å². The van der Waals surface area contributed by atoms with Crippen molar-refractivity contribution in [3.63, 3.8) is 0 Å². The molecule has 0 fully saturated rings. The van der Waals surface area contributed by atoms with Gasteiger partial charge in [0.25, 0.3) is 0 Å². The van der Waals surface area contributed by atoms with Gasteiger partial charge in [0.1, 0.15) is 0 Å². The minimum absolute atomic E-state index is 0.119. The average Bonchev–Trinajstić information content (AvgIpc) is 2.22. The molecule has 122 valence electrons. The predicted octanol–water partition coefficient (Wildman–Crippen LogP) is 6.12. The van der Waals surface area contributed by atoms with Crippen LogP contribution in [0.2, 0.25) is 0 Å². The second-order valence-electron chi connectivity index (χ2n) is 8.13. The van der Waals surface area contributed by atoms with Crippen LogP contribution in [0.1, 0.15) is 61.8 Å². The fraction of sp³-hybridized carbons (Fsp3) is 1.00. The molecule has 0 amide bonds. The molecule has 0 saturated heterocycles. The quantitative estimate of drug-likeness (QED) is 0.496. The van der Waals surface area contributed by atoms with Crippen LogP contribution in [0.4, 0.5) is 0 Å². The lowest BCUT2D eigenvalue weighted by atomic mass is 9.99. The molecule has 0 aromatic heterocycles. The largest absolute Gasteiger partial charge is 0.321 e. The van der Waals surface area contributed by atoms with Gasteiger partial charge in [0.05, 0.1) is 13.2 Å². The van der Waals surface area contributed by atoms with Crippen LogP contribution in [0.5, 0.6) is 0 Å². The Morgan fingerprint density at radius 1 is 0.950 bits per heavy atom. The summed E-state index contributed by atoms with van der Waals surface area (Å²) >= 11 is 7.43. The first-order valence-corrected chi connectivity index (χ1v) is 11.6. The smallest absolute Gasteiger partial charge is 0.247 e. The molecule has 0 saturated carbocycles. The van der Waals surface area contributed by atoms with Crippen molar-refractivity contribution < 1.29 is 9.05 Å². The Bertz CT molecular complexity index is 295. The Labute approximate surface area is 135 Å². The number of hydrogen-bond acceptors (Lipinski definition) is 4. The highest BCUT2D eigenvalue weighted by Crippen LogP contribution is 2.62. The van der Waals surface area contributed by atoms with E-state index in [0.29, 0.717) is 19.1 Å². The summed E-state index contributed by atoms with van der Waals surface area (Å²) in [6, 6.07) is 0. The van der Waals surface area contributed by atoms with Gasteiger partial charge in [-0.25, -0.2) is 0 Å². The van der Waals surface area contributed by atoms with E-state index in [0.717, 1.165) is 12.2 Å². The van der Waals surface area contributed by atoms with Crippen LogP contribution < -0.4 is 0 Å². The third-order valence-corrected chi connectivity index (χ3v) is 7.59. The lowest BCUT2D eigenvalue weighted by Crippen LogP contribution is -2.17. The van der Waals surface area contributed by atoms with Crippen molar-refractivity contribution in [1.82, 2.24) is 0 Å². The molecule has 0 aromatic rings. The predicted molar refractivity (Wildman–Crippen MR) is 97.0 cm³/mol. The van der Waals surface area contributed by atoms with E-state index in [4.69, 9.17) is 20.9 Å². The monoisotopic (exact) mass is 340 g/mol. The van der Waals surface area contributed by atoms with Crippen molar-refractivity contribution in [1.29, 1.82) is 0 Å². The van der Waals surface area contributed by atoms with E-state index >= 15 is 0 Å². The SMILES string of the molecule is CC(C)CCSP(=S)(OCC(C)(C)C)OCC(C)(C)C. The minimum Gasteiger partial charge on any atom is -0.321 e. The molecule has 0 unspecified atom stereocenters. The molecule has 0 N–H and O–H groups in total. The minimum atomic E-state index is -2.22. The highest BCUT2D eigenvalue weighted by atomic mass is 32.9. The van der Waals surface area contributed by atoms with Gasteiger partial charge in [0, 0.05) is 5.75 Å². The molecule has 20 heavy (non-hydrogen) atoms. The van der Waals surface area contributed by atoms with E-state index in [1.165, 1.54) is 0 Å². The van der Waals surface area contributed by atoms with Crippen LogP contribution in [-0.2, 0) is 20.9 Å². The first-order chi connectivity index (χ1) is 8.83. The van der Waals surface area contributed by atoms with Crippen LogP contribution in [0.15, 0.2) is 0 Å². The van der Waals surface area contributed by atoms with Crippen LogP contribution in [-0.4, -0.2) is 19.0 Å². The maximum atomic E-state index is 6.04. The molecule has 2 nitrogen and oxygen atoms in total. The summed E-state index contributed by atoms with van der Waals surface area (Å²) in [6.45, 7) is 18.7. The van der Waals surface area contributed by atoms with Crippen molar-refractivity contribution in [2.75, 3.05) is 19.0 Å². The van der Waals surface area contributed by atoms with Crippen LogP contribution in [0, 0.1) is 16.7 Å². The van der Waals surface area contributed by atoms with E-state index in [-0.39, 0.29) is 10.8 Å². The topological polar surface area (TPSA) is 18.5 Å². The molecule has 0 radical (unpaired) electrons. The highest BCUT2D eigenvalue weighted by molar-refractivity contribution is 8.67. The second kappa shape index (κ2) is 8.53. The number of hydrogen-bond donors (Lipinski definition) is 0. The fourth-order valence-corrected chi connectivity index (χ4v) is 5.91. The van der Waals surface area contributed by atoms with Crippen molar-refractivity contribution in [2.24, 2.45) is 16.7 Å². The van der Waals surface area contributed by atoms with Gasteiger partial charge in [0.2, 0.25) is 5.69 Å². The maximum absolute atomic E-state index is 6.04. The molecule has 0 aliphatic rings. The zero-order chi connectivity index (χ0) is 16.0. The average molecular weight is 341 g/mol. The van der Waals surface area contributed by atoms with E-state index in [9.17, 15) is 0 Å². The Hall–Kier alpha value is 0.920. The summed E-state index contributed by atoms with van der Waals surface area (Å²) in [5.41, 5.74) is -1.98. The summed E-state index contributed by atoms with van der Waals surface area (Å²) in [6.07, 6.45) is 1.15. The zero-order valence-corrected chi connectivity index (χ0v) is 17.0. The normalized spacial score (nSPS) is 14.1. The maximum Gasteiger partial charge on any atom is 0.247 e. The molecular formula is C15H33O2PS2. The lowest BCUT2D eigenvalue weighted by Gasteiger charge is -2.29. The van der Waals surface area contributed by atoms with E-state index in [1.54, 1.807) is 11.4 Å². The highest BCUT2D eigenvalue weighted by Gasteiger charge is 2.26. The third-order valence-electron chi connectivity index (χ3n) is 2.26. The van der Waals surface area contributed by atoms with Gasteiger partial charge >= 0.3 is 0 Å². The molecule has 0 spiro atoms. The lowest BCUT2D eigenvalue weighted by molar-refractivity contribution is 0.155. The summed E-state index contributed by atoms with van der Waals surface area (Å²) in [5, 5.41) is 0. The molecule has 0 atom stereocenters. The summed E-state index contributed by atoms with van der Waals surface area (Å²) in [5.74, 6) is 1.71. The Balaban J connectivity index is 4.54. The van der Waals surface area contributed by atoms with Crippen LogP contribution >= 0.6 is 17.1 Å². The molecule has 0 rings (SSSR count). The van der Waals surface area contributed by atoms with Gasteiger partial charge < -0.3 is 9.05 Å². The van der Waals surface area contributed by atoms with Gasteiger partial charge in [-0.3, -0.25) is 0 Å². The van der Waals surface area contributed by atoms with Gasteiger partial charge in [-0.1, -0.05) is 66.8 Å². The van der Waals surface area contributed by atoms with Crippen LogP contribution in [0.3, 0.4) is 0 Å². The van der Waals surface area contributed by atoms with E-state index < -0.39 is 5.69 Å². The molecule has 5 heteroatoms. The van der Waals surface area contributed by atoms with Crippen molar-refractivity contribution in [3.8, 4) is 0 Å². The summed E-state index contributed by atoms with van der Waals surface area (Å²) in [7, 11) is 0.